The number of methoxy groups -OCH3 is 2. The Morgan fingerprint density at radius 2 is 1.80 bits per heavy atom. The Labute approximate surface area is 184 Å². The van der Waals surface area contributed by atoms with Gasteiger partial charge in [0.05, 0.1) is 29.0 Å². The molecule has 154 valence electrons. The van der Waals surface area contributed by atoms with E-state index in [0.717, 1.165) is 4.90 Å². The number of rotatable bonds is 4. The third-order valence-corrected chi connectivity index (χ3v) is 5.05. The van der Waals surface area contributed by atoms with Crippen molar-refractivity contribution in [3.63, 3.8) is 0 Å². The summed E-state index contributed by atoms with van der Waals surface area (Å²) in [5, 5.41) is 12.1. The van der Waals surface area contributed by atoms with Gasteiger partial charge in [0, 0.05) is 0 Å². The molecule has 1 saturated heterocycles. The minimum atomic E-state index is -0.911. The van der Waals surface area contributed by atoms with Gasteiger partial charge < -0.3 is 14.6 Å². The highest BCUT2D eigenvalue weighted by molar-refractivity contribution is 14.1. The van der Waals surface area contributed by atoms with Gasteiger partial charge in [0.2, 0.25) is 0 Å². The zero-order chi connectivity index (χ0) is 22.0. The summed E-state index contributed by atoms with van der Waals surface area (Å²) in [6, 6.07) is 7.68. The minimum Gasteiger partial charge on any atom is -0.504 e. The molecule has 0 atom stereocenters. The molecule has 1 fully saturated rings. The highest BCUT2D eigenvalue weighted by Gasteiger charge is 2.37. The molecule has 0 bridgehead atoms. The molecule has 0 aliphatic carbocycles. The lowest BCUT2D eigenvalue weighted by molar-refractivity contribution is -0.122. The molecule has 0 spiro atoms. The number of amides is 4. The zero-order valence-electron chi connectivity index (χ0n) is 15.8. The Balaban J connectivity index is 2.00. The molecule has 0 unspecified atom stereocenters. The first kappa shape index (κ1) is 21.3. The number of barbiturate groups is 1. The van der Waals surface area contributed by atoms with Crippen LogP contribution in [0.5, 0.6) is 11.5 Å². The topological polar surface area (TPSA) is 122 Å². The molecular weight excluding hydrogens is 507 g/mol. The van der Waals surface area contributed by atoms with Gasteiger partial charge in [-0.3, -0.25) is 14.9 Å². The molecule has 1 heterocycles. The molecule has 2 aromatic rings. The van der Waals surface area contributed by atoms with Crippen molar-refractivity contribution in [2.24, 2.45) is 0 Å². The zero-order valence-corrected chi connectivity index (χ0v) is 17.9. The van der Waals surface area contributed by atoms with Crippen molar-refractivity contribution in [2.45, 2.75) is 0 Å². The quantitative estimate of drug-likeness (QED) is 0.274. The van der Waals surface area contributed by atoms with Gasteiger partial charge in [-0.05, 0) is 70.6 Å². The summed E-state index contributed by atoms with van der Waals surface area (Å²) in [5.41, 5.74) is 0.545. The van der Waals surface area contributed by atoms with Crippen molar-refractivity contribution < 1.29 is 33.8 Å². The van der Waals surface area contributed by atoms with Crippen LogP contribution in [0.4, 0.5) is 10.5 Å². The van der Waals surface area contributed by atoms with Gasteiger partial charge in [0.25, 0.3) is 11.8 Å². The van der Waals surface area contributed by atoms with E-state index in [2.05, 4.69) is 10.1 Å². The summed E-state index contributed by atoms with van der Waals surface area (Å²) in [6.07, 6.45) is 1.30. The van der Waals surface area contributed by atoms with E-state index in [-0.39, 0.29) is 28.3 Å². The lowest BCUT2D eigenvalue weighted by Crippen LogP contribution is -2.54. The predicted molar refractivity (Wildman–Crippen MR) is 114 cm³/mol. The maximum atomic E-state index is 12.9. The highest BCUT2D eigenvalue weighted by atomic mass is 127. The van der Waals surface area contributed by atoms with Gasteiger partial charge in [0.1, 0.15) is 5.57 Å². The normalized spacial score (nSPS) is 15.2. The van der Waals surface area contributed by atoms with E-state index in [0.29, 0.717) is 9.13 Å². The number of carbonyl (C=O) groups excluding carboxylic acids is 4. The predicted octanol–water partition coefficient (Wildman–Crippen LogP) is 2.46. The molecule has 30 heavy (non-hydrogen) atoms. The van der Waals surface area contributed by atoms with Crippen molar-refractivity contribution in [3.05, 3.63) is 56.7 Å². The summed E-state index contributed by atoms with van der Waals surface area (Å²) >= 11 is 1.88. The number of benzene rings is 2. The monoisotopic (exact) mass is 522 g/mol. The van der Waals surface area contributed by atoms with Gasteiger partial charge in [-0.15, -0.1) is 0 Å². The Morgan fingerprint density at radius 1 is 1.13 bits per heavy atom. The first-order chi connectivity index (χ1) is 14.3. The standard InChI is InChI=1S/C20H15IN2O7/c1-29-15-9-10(8-14(21)16(15)24)7-13-17(25)22-20(28)23(18(13)26)12-5-3-11(4-6-12)19(27)30-2/h3-9,24H,1-2H3,(H,22,25,28)/b13-7+. The molecule has 2 aromatic carbocycles. The number of nitrogens with zero attached hydrogens (tertiary/aromatic N) is 1. The second kappa shape index (κ2) is 8.53. The van der Waals surface area contributed by atoms with Crippen LogP contribution in [-0.4, -0.2) is 43.1 Å². The van der Waals surface area contributed by atoms with Crippen molar-refractivity contribution in [1.29, 1.82) is 0 Å². The largest absolute Gasteiger partial charge is 0.504 e. The van der Waals surface area contributed by atoms with Crippen molar-refractivity contribution in [3.8, 4) is 11.5 Å². The van der Waals surface area contributed by atoms with Crippen molar-refractivity contribution in [2.75, 3.05) is 19.1 Å². The Morgan fingerprint density at radius 3 is 2.40 bits per heavy atom. The molecular formula is C20H15IN2O7. The van der Waals surface area contributed by atoms with Crippen molar-refractivity contribution in [1.82, 2.24) is 5.32 Å². The Hall–Kier alpha value is -3.41. The maximum Gasteiger partial charge on any atom is 0.337 e. The van der Waals surface area contributed by atoms with Crippen LogP contribution in [0.2, 0.25) is 0 Å². The van der Waals surface area contributed by atoms with Crippen LogP contribution in [-0.2, 0) is 14.3 Å². The van der Waals surface area contributed by atoms with Crippen LogP contribution in [0.15, 0.2) is 42.0 Å². The number of phenolic OH excluding ortho intramolecular Hbond substituents is 1. The molecule has 9 nitrogen and oxygen atoms in total. The molecule has 10 heteroatoms. The number of ether oxygens (including phenoxy) is 2. The first-order valence-electron chi connectivity index (χ1n) is 8.43. The van der Waals surface area contributed by atoms with E-state index in [4.69, 9.17) is 4.74 Å². The fourth-order valence-electron chi connectivity index (χ4n) is 2.76. The Bertz CT molecular complexity index is 1090. The summed E-state index contributed by atoms with van der Waals surface area (Å²) in [7, 11) is 2.61. The molecule has 0 saturated carbocycles. The highest BCUT2D eigenvalue weighted by Crippen LogP contribution is 2.33. The SMILES string of the molecule is COC(=O)c1ccc(N2C(=O)NC(=O)/C(=C\c3cc(I)c(O)c(OC)c3)C2=O)cc1. The number of nitrogens with one attached hydrogen (secondary N) is 1. The van der Waals surface area contributed by atoms with E-state index in [1.54, 1.807) is 6.07 Å². The van der Waals surface area contributed by atoms with E-state index in [1.165, 1.54) is 50.6 Å². The minimum absolute atomic E-state index is 0.0674. The van der Waals surface area contributed by atoms with Crippen LogP contribution < -0.4 is 15.0 Å². The van der Waals surface area contributed by atoms with E-state index >= 15 is 0 Å². The average Bonchev–Trinajstić information content (AvgIpc) is 2.73. The first-order valence-corrected chi connectivity index (χ1v) is 9.51. The summed E-state index contributed by atoms with van der Waals surface area (Å²) in [4.78, 5) is 49.9. The number of phenols is 1. The second-order valence-corrected chi connectivity index (χ2v) is 7.21. The van der Waals surface area contributed by atoms with Crippen LogP contribution in [0.1, 0.15) is 15.9 Å². The summed E-state index contributed by atoms with van der Waals surface area (Å²) < 4.78 is 10.2. The lowest BCUT2D eigenvalue weighted by Gasteiger charge is -2.26. The van der Waals surface area contributed by atoms with Crippen LogP contribution in [0.25, 0.3) is 6.08 Å². The van der Waals surface area contributed by atoms with E-state index in [1.807, 2.05) is 22.6 Å². The number of hydrogen-bond donors (Lipinski definition) is 2. The molecule has 1 aliphatic rings. The molecule has 2 N–H and O–H groups in total. The Kier molecular flexibility index (Phi) is 6.06. The van der Waals surface area contributed by atoms with Gasteiger partial charge in [0.15, 0.2) is 11.5 Å². The smallest absolute Gasteiger partial charge is 0.337 e. The number of aromatic hydroxyl groups is 1. The van der Waals surface area contributed by atoms with Gasteiger partial charge >= 0.3 is 12.0 Å². The van der Waals surface area contributed by atoms with E-state index in [9.17, 15) is 24.3 Å². The molecule has 4 amide bonds. The third kappa shape index (κ3) is 3.99. The molecule has 3 rings (SSSR count). The number of esters is 1. The van der Waals surface area contributed by atoms with Crippen LogP contribution >= 0.6 is 22.6 Å². The average molecular weight is 522 g/mol. The molecule has 0 radical (unpaired) electrons. The number of urea groups is 1. The number of imide groups is 2. The maximum absolute atomic E-state index is 12.9. The molecule has 0 aromatic heterocycles. The second-order valence-electron chi connectivity index (χ2n) is 6.05. The summed E-state index contributed by atoms with van der Waals surface area (Å²) in [6.45, 7) is 0. The fourth-order valence-corrected chi connectivity index (χ4v) is 3.38. The van der Waals surface area contributed by atoms with Crippen LogP contribution in [0, 0.1) is 3.57 Å². The number of carbonyl (C=O) groups is 4. The summed E-state index contributed by atoms with van der Waals surface area (Å²) in [5.74, 6) is -2.15. The van der Waals surface area contributed by atoms with Gasteiger partial charge in [-0.25, -0.2) is 14.5 Å². The lowest BCUT2D eigenvalue weighted by atomic mass is 10.1. The van der Waals surface area contributed by atoms with Gasteiger partial charge in [-0.1, -0.05) is 0 Å². The van der Waals surface area contributed by atoms with E-state index < -0.39 is 23.8 Å². The van der Waals surface area contributed by atoms with Gasteiger partial charge in [-0.2, -0.15) is 0 Å². The number of anilines is 1. The number of hydrogen-bond acceptors (Lipinski definition) is 7. The fraction of sp³-hybridized carbons (Fsp3) is 0.100. The van der Waals surface area contributed by atoms with Crippen LogP contribution in [0.3, 0.4) is 0 Å². The third-order valence-electron chi connectivity index (χ3n) is 4.23. The number of halogens is 1. The van der Waals surface area contributed by atoms with Crippen molar-refractivity contribution >= 4 is 58.2 Å². The molecule has 1 aliphatic heterocycles.